The number of Topliss-reactive ketones (excluding diaryl/α,β-unsaturated/α-hetero) is 1. The predicted molar refractivity (Wildman–Crippen MR) is 186 cm³/mol. The van der Waals surface area contributed by atoms with E-state index in [1.165, 1.54) is 28.7 Å². The maximum Gasteiger partial charge on any atom is 0.316 e. The number of aliphatic hydroxyl groups excluding tert-OH is 1. The van der Waals surface area contributed by atoms with Gasteiger partial charge in [-0.1, -0.05) is 73.6 Å². The Morgan fingerprint density at radius 2 is 1.91 bits per heavy atom. The number of ether oxygens (including phenoxy) is 1. The molecule has 3 aliphatic carbocycles. The van der Waals surface area contributed by atoms with Crippen molar-refractivity contribution in [3.05, 3.63) is 76.9 Å². The summed E-state index contributed by atoms with van der Waals surface area (Å²) < 4.78 is 10.4. The molecule has 1 aromatic carbocycles. The second-order valence-corrected chi connectivity index (χ2v) is 17.2. The third-order valence-electron chi connectivity index (χ3n) is 11.8. The molecule has 46 heavy (non-hydrogen) atoms. The number of thioether (sulfide) groups is 1. The lowest BCUT2D eigenvalue weighted by Gasteiger charge is -2.61. The molecule has 2 heterocycles. The second kappa shape index (κ2) is 12.9. The van der Waals surface area contributed by atoms with Gasteiger partial charge in [-0.3, -0.25) is 9.59 Å². The minimum absolute atomic E-state index is 0.0496. The fraction of sp³-hybridized carbons (Fsp3) is 0.514. The summed E-state index contributed by atoms with van der Waals surface area (Å²) in [5.41, 5.74) is 1.68. The minimum Gasteiger partial charge on any atom is -0.461 e. The molecule has 3 aromatic rings. The van der Waals surface area contributed by atoms with Gasteiger partial charge in [-0.05, 0) is 55.1 Å². The molecular formula is C37H44BrN2O4S2+. The summed E-state index contributed by atoms with van der Waals surface area (Å²) in [6.45, 7) is 13.4. The molecule has 6 rings (SSSR count). The van der Waals surface area contributed by atoms with Crippen molar-refractivity contribution in [1.29, 1.82) is 0 Å². The van der Waals surface area contributed by atoms with Gasteiger partial charge in [-0.2, -0.15) is 0 Å². The summed E-state index contributed by atoms with van der Waals surface area (Å²) in [6.07, 6.45) is 8.41. The zero-order valence-corrected chi connectivity index (χ0v) is 30.3. The molecule has 6 nitrogen and oxygen atoms in total. The van der Waals surface area contributed by atoms with Gasteiger partial charge in [0.05, 0.1) is 17.6 Å². The summed E-state index contributed by atoms with van der Waals surface area (Å²) >= 11 is 6.39. The molecule has 3 aliphatic rings. The smallest absolute Gasteiger partial charge is 0.316 e. The van der Waals surface area contributed by atoms with Crippen molar-refractivity contribution in [2.75, 3.05) is 5.75 Å². The number of halogens is 1. The standard InChI is InChI=1S/C37H44BrN2O4S2/c1-6-35(4)19-30(36(5)23(2)11-15-37(24(3)33(35)43)16-12-29(41)32(36)37)44-31(42)22-46-34-39-28(21-45-34)26-13-17-40(18-14-26)20-25-7-9-27(38)10-8-25/h6-10,13-14,17-18,21,23-24,30,32-33,43H,1,11-12,15-16,19-20,22H2,2-5H3/q+1/t23-,24+,30-,32+,33+,35-,36+,37+/m1/s1. The van der Waals surface area contributed by atoms with E-state index in [2.05, 4.69) is 84.5 Å². The van der Waals surface area contributed by atoms with E-state index in [-0.39, 0.29) is 40.7 Å². The quantitative estimate of drug-likeness (QED) is 0.110. The van der Waals surface area contributed by atoms with Crippen LogP contribution in [0.15, 0.2) is 75.6 Å². The van der Waals surface area contributed by atoms with E-state index in [0.29, 0.717) is 12.8 Å². The Kier molecular flexibility index (Phi) is 9.44. The average molecular weight is 725 g/mol. The highest BCUT2D eigenvalue weighted by molar-refractivity contribution is 9.10. The number of nitrogens with zero attached hydrogens (tertiary/aromatic N) is 2. The number of carbonyl (C=O) groups is 2. The Labute approximate surface area is 289 Å². The number of carbonyl (C=O) groups excluding carboxylic acids is 2. The van der Waals surface area contributed by atoms with Gasteiger partial charge in [-0.15, -0.1) is 17.9 Å². The highest BCUT2D eigenvalue weighted by Gasteiger charge is 2.68. The van der Waals surface area contributed by atoms with Gasteiger partial charge in [0.1, 0.15) is 11.9 Å². The van der Waals surface area contributed by atoms with Gasteiger partial charge in [0, 0.05) is 56.3 Å². The van der Waals surface area contributed by atoms with Crippen LogP contribution in [0.5, 0.6) is 0 Å². The lowest BCUT2D eigenvalue weighted by molar-refractivity contribution is -0.688. The number of thiazole rings is 1. The summed E-state index contributed by atoms with van der Waals surface area (Å²) in [7, 11) is 0. The maximum absolute atomic E-state index is 13.6. The Bertz CT molecular complexity index is 1610. The number of ketones is 1. The number of benzene rings is 1. The average Bonchev–Trinajstić information content (AvgIpc) is 3.67. The van der Waals surface area contributed by atoms with Crippen LogP contribution in [0.3, 0.4) is 0 Å². The molecule has 1 N–H and O–H groups in total. The zero-order valence-electron chi connectivity index (χ0n) is 27.1. The molecule has 2 aromatic heterocycles. The lowest BCUT2D eigenvalue weighted by atomic mass is 9.44. The summed E-state index contributed by atoms with van der Waals surface area (Å²) in [5.74, 6) is 0.00517. The highest BCUT2D eigenvalue weighted by atomic mass is 79.9. The number of rotatable bonds is 8. The van der Waals surface area contributed by atoms with Crippen molar-refractivity contribution in [3.63, 3.8) is 0 Å². The summed E-state index contributed by atoms with van der Waals surface area (Å²) in [5, 5.41) is 13.8. The van der Waals surface area contributed by atoms with E-state index >= 15 is 0 Å². The molecule has 3 fully saturated rings. The van der Waals surface area contributed by atoms with Crippen molar-refractivity contribution < 1.29 is 24.0 Å². The largest absolute Gasteiger partial charge is 0.461 e. The van der Waals surface area contributed by atoms with Crippen LogP contribution >= 0.6 is 39.0 Å². The van der Waals surface area contributed by atoms with E-state index in [1.54, 1.807) is 0 Å². The molecule has 2 bridgehead atoms. The van der Waals surface area contributed by atoms with E-state index in [9.17, 15) is 14.7 Å². The van der Waals surface area contributed by atoms with Crippen LogP contribution in [0.1, 0.15) is 65.4 Å². The Morgan fingerprint density at radius 1 is 1.20 bits per heavy atom. The van der Waals surface area contributed by atoms with Crippen molar-refractivity contribution >= 4 is 50.8 Å². The molecule has 0 saturated heterocycles. The number of aromatic nitrogens is 2. The van der Waals surface area contributed by atoms with E-state index in [1.807, 2.05) is 30.5 Å². The first kappa shape index (κ1) is 33.6. The fourth-order valence-corrected chi connectivity index (χ4v) is 10.7. The molecule has 3 saturated carbocycles. The Balaban J connectivity index is 1.15. The fourth-order valence-electron chi connectivity index (χ4n) is 8.81. The van der Waals surface area contributed by atoms with E-state index < -0.39 is 23.0 Å². The van der Waals surface area contributed by atoms with Crippen LogP contribution in [0, 0.1) is 34.0 Å². The topological polar surface area (TPSA) is 80.4 Å². The van der Waals surface area contributed by atoms with Crippen LogP contribution in [0.4, 0.5) is 0 Å². The van der Waals surface area contributed by atoms with Crippen LogP contribution in [0.2, 0.25) is 0 Å². The summed E-state index contributed by atoms with van der Waals surface area (Å²) in [6, 6.07) is 12.4. The number of pyridine rings is 1. The molecule has 0 amide bonds. The monoisotopic (exact) mass is 723 g/mol. The Hall–Kier alpha value is -2.33. The molecule has 0 aliphatic heterocycles. The minimum atomic E-state index is -0.672. The lowest BCUT2D eigenvalue weighted by Crippen LogP contribution is -2.63. The van der Waals surface area contributed by atoms with Crippen molar-refractivity contribution in [1.82, 2.24) is 4.98 Å². The van der Waals surface area contributed by atoms with Crippen LogP contribution in [-0.2, 0) is 20.9 Å². The first-order valence-electron chi connectivity index (χ1n) is 16.3. The normalized spacial score (nSPS) is 34.0. The number of hydrogen-bond acceptors (Lipinski definition) is 7. The SMILES string of the molecule is C=C[C@]1(C)C[C@@H](OC(=O)CSc2nc(-c3cc[n+](Cc4ccc(Br)cc4)cc3)cs2)[C@]2(C)[C@H](C)CC[C@]3(CCC(=O)[C@H]32)[C@@H](C)[C@@H]1O. The molecule has 0 radical (unpaired) electrons. The zero-order chi connectivity index (χ0) is 32.9. The van der Waals surface area contributed by atoms with Gasteiger partial charge >= 0.3 is 5.97 Å². The van der Waals surface area contributed by atoms with Crippen LogP contribution < -0.4 is 4.57 Å². The second-order valence-electron chi connectivity index (χ2n) is 14.2. The molecule has 0 spiro atoms. The number of aliphatic hydroxyl groups is 1. The molecule has 0 unspecified atom stereocenters. The highest BCUT2D eigenvalue weighted by Crippen LogP contribution is 2.68. The van der Waals surface area contributed by atoms with Crippen molar-refractivity contribution in [3.8, 4) is 11.3 Å². The van der Waals surface area contributed by atoms with Crippen LogP contribution in [-0.4, -0.2) is 39.8 Å². The van der Waals surface area contributed by atoms with Gasteiger partial charge in [0.15, 0.2) is 23.3 Å². The first-order valence-corrected chi connectivity index (χ1v) is 18.9. The van der Waals surface area contributed by atoms with Gasteiger partial charge < -0.3 is 9.84 Å². The third-order valence-corrected chi connectivity index (χ3v) is 14.4. The summed E-state index contributed by atoms with van der Waals surface area (Å²) in [4.78, 5) is 32.0. The third kappa shape index (κ3) is 5.95. The predicted octanol–water partition coefficient (Wildman–Crippen LogP) is 7.91. The van der Waals surface area contributed by atoms with E-state index in [4.69, 9.17) is 9.72 Å². The van der Waals surface area contributed by atoms with E-state index in [0.717, 1.165) is 45.9 Å². The molecule has 8 atom stereocenters. The first-order chi connectivity index (χ1) is 21.9. The van der Waals surface area contributed by atoms with Gasteiger partial charge in [0.25, 0.3) is 0 Å². The molecule has 9 heteroatoms. The molecular weight excluding hydrogens is 680 g/mol. The van der Waals surface area contributed by atoms with Crippen LogP contribution in [0.25, 0.3) is 11.3 Å². The van der Waals surface area contributed by atoms with Crippen molar-refractivity contribution in [2.45, 2.75) is 82.9 Å². The molecule has 244 valence electrons. The van der Waals surface area contributed by atoms with Gasteiger partial charge in [-0.25, -0.2) is 9.55 Å². The van der Waals surface area contributed by atoms with Gasteiger partial charge in [0.2, 0.25) is 0 Å². The van der Waals surface area contributed by atoms with Crippen molar-refractivity contribution in [2.24, 2.45) is 34.0 Å². The maximum atomic E-state index is 13.6. The number of hydrogen-bond donors (Lipinski definition) is 1. The Morgan fingerprint density at radius 3 is 2.61 bits per heavy atom. The number of esters is 1.